The summed E-state index contributed by atoms with van der Waals surface area (Å²) in [6, 6.07) is 3.23. The number of aromatic nitrogens is 2. The van der Waals surface area contributed by atoms with Gasteiger partial charge in [0.15, 0.2) is 11.6 Å². The summed E-state index contributed by atoms with van der Waals surface area (Å²) in [5.74, 6) is -1.29. The second kappa shape index (κ2) is 8.03. The minimum absolute atomic E-state index is 0.0383. The molecule has 0 spiro atoms. The van der Waals surface area contributed by atoms with Gasteiger partial charge in [-0.05, 0) is 26.0 Å². The highest BCUT2D eigenvalue weighted by atomic mass is 19.1. The van der Waals surface area contributed by atoms with Crippen LogP contribution in [-0.2, 0) is 13.1 Å². The highest BCUT2D eigenvalue weighted by Crippen LogP contribution is 2.17. The van der Waals surface area contributed by atoms with Gasteiger partial charge in [0.25, 0.3) is 0 Å². The van der Waals surface area contributed by atoms with Crippen molar-refractivity contribution >= 4 is 0 Å². The summed E-state index contributed by atoms with van der Waals surface area (Å²) in [6.45, 7) is 5.79. The number of ether oxygens (including phenoxy) is 1. The summed E-state index contributed by atoms with van der Waals surface area (Å²) in [6.07, 6.45) is 0. The number of benzene rings is 1. The number of hydrogen-bond acceptors (Lipinski definition) is 4. The first-order valence-electron chi connectivity index (χ1n) is 7.45. The Labute approximate surface area is 133 Å². The Morgan fingerprint density at radius 2 is 2.09 bits per heavy atom. The Kier molecular flexibility index (Phi) is 6.06. The van der Waals surface area contributed by atoms with E-state index in [0.717, 1.165) is 29.1 Å². The first-order chi connectivity index (χ1) is 11.0. The number of aliphatic hydroxyl groups is 1. The minimum Gasteiger partial charge on any atom is -0.489 e. The lowest BCUT2D eigenvalue weighted by Crippen LogP contribution is -2.21. The van der Waals surface area contributed by atoms with Crippen LogP contribution in [0.5, 0.6) is 5.75 Å². The number of nitrogens with zero attached hydrogens (tertiary/aromatic N) is 2. The molecule has 0 fully saturated rings. The molecule has 0 amide bonds. The molecule has 2 aromatic rings. The number of aryl methyl sites for hydroxylation is 1. The molecule has 2 N–H and O–H groups in total. The molecule has 126 valence electrons. The van der Waals surface area contributed by atoms with E-state index >= 15 is 0 Å². The SMILES string of the molecule is Cc1nn(CCO)c(C)c1CNCCOc1ccc(F)cc1F. The van der Waals surface area contributed by atoms with Crippen molar-refractivity contribution < 1.29 is 18.6 Å². The van der Waals surface area contributed by atoms with E-state index in [0.29, 0.717) is 19.6 Å². The zero-order chi connectivity index (χ0) is 16.8. The van der Waals surface area contributed by atoms with Gasteiger partial charge in [-0.1, -0.05) is 0 Å². The highest BCUT2D eigenvalue weighted by molar-refractivity contribution is 5.25. The van der Waals surface area contributed by atoms with Crippen LogP contribution < -0.4 is 10.1 Å². The third kappa shape index (κ3) is 4.49. The van der Waals surface area contributed by atoms with Crippen LogP contribution in [0.15, 0.2) is 18.2 Å². The summed E-state index contributed by atoms with van der Waals surface area (Å²) >= 11 is 0. The van der Waals surface area contributed by atoms with Crippen LogP contribution in [-0.4, -0.2) is 34.6 Å². The lowest BCUT2D eigenvalue weighted by Gasteiger charge is -2.09. The smallest absolute Gasteiger partial charge is 0.167 e. The molecule has 0 saturated carbocycles. The van der Waals surface area contributed by atoms with Crippen LogP contribution in [0.2, 0.25) is 0 Å². The quantitative estimate of drug-likeness (QED) is 0.728. The van der Waals surface area contributed by atoms with Gasteiger partial charge in [0.05, 0.1) is 18.8 Å². The molecule has 0 saturated heterocycles. The Bertz CT molecular complexity index is 659. The molecule has 0 radical (unpaired) electrons. The van der Waals surface area contributed by atoms with Gasteiger partial charge in [-0.15, -0.1) is 0 Å². The molecule has 1 aromatic heterocycles. The molecule has 0 aliphatic heterocycles. The number of aliphatic hydroxyl groups excluding tert-OH is 1. The second-order valence-electron chi connectivity index (χ2n) is 5.20. The standard InChI is InChI=1S/C16H21F2N3O2/c1-11-14(12(2)21(20-11)6-7-22)10-19-5-8-23-16-4-3-13(17)9-15(16)18/h3-4,9,19,22H,5-8,10H2,1-2H3. The zero-order valence-electron chi connectivity index (χ0n) is 13.3. The summed E-state index contributed by atoms with van der Waals surface area (Å²) < 4.78 is 33.2. The van der Waals surface area contributed by atoms with E-state index in [9.17, 15) is 8.78 Å². The van der Waals surface area contributed by atoms with Gasteiger partial charge >= 0.3 is 0 Å². The Hall–Kier alpha value is -1.99. The summed E-state index contributed by atoms with van der Waals surface area (Å²) in [7, 11) is 0. The molecule has 0 unspecified atom stereocenters. The molecular weight excluding hydrogens is 304 g/mol. The predicted molar refractivity (Wildman–Crippen MR) is 82.3 cm³/mol. The second-order valence-corrected chi connectivity index (χ2v) is 5.20. The molecule has 2 rings (SSSR count). The third-order valence-electron chi connectivity index (χ3n) is 3.58. The van der Waals surface area contributed by atoms with Crippen molar-refractivity contribution in [1.29, 1.82) is 0 Å². The van der Waals surface area contributed by atoms with Crippen LogP contribution in [0.25, 0.3) is 0 Å². The van der Waals surface area contributed by atoms with E-state index in [1.165, 1.54) is 6.07 Å². The van der Waals surface area contributed by atoms with Crippen molar-refractivity contribution in [3.8, 4) is 5.75 Å². The minimum atomic E-state index is -0.707. The molecule has 7 heteroatoms. The highest BCUT2D eigenvalue weighted by Gasteiger charge is 2.10. The molecule has 0 bridgehead atoms. The van der Waals surface area contributed by atoms with Crippen LogP contribution >= 0.6 is 0 Å². The van der Waals surface area contributed by atoms with Crippen molar-refractivity contribution in [1.82, 2.24) is 15.1 Å². The van der Waals surface area contributed by atoms with E-state index in [1.807, 2.05) is 13.8 Å². The lowest BCUT2D eigenvalue weighted by molar-refractivity contribution is 0.267. The fourth-order valence-corrected chi connectivity index (χ4v) is 2.34. The maximum Gasteiger partial charge on any atom is 0.167 e. The van der Waals surface area contributed by atoms with Crippen LogP contribution in [0, 0.1) is 25.5 Å². The van der Waals surface area contributed by atoms with Crippen molar-refractivity contribution in [3.05, 3.63) is 46.8 Å². The molecule has 0 atom stereocenters. The average Bonchev–Trinajstić information content (AvgIpc) is 2.76. The monoisotopic (exact) mass is 325 g/mol. The summed E-state index contributed by atoms with van der Waals surface area (Å²) in [5, 5.41) is 16.6. The number of rotatable bonds is 8. The topological polar surface area (TPSA) is 59.3 Å². The fourth-order valence-electron chi connectivity index (χ4n) is 2.34. The van der Waals surface area contributed by atoms with Gasteiger partial charge in [-0.2, -0.15) is 5.10 Å². The zero-order valence-corrected chi connectivity index (χ0v) is 13.3. The van der Waals surface area contributed by atoms with Crippen LogP contribution in [0.4, 0.5) is 8.78 Å². The Morgan fingerprint density at radius 3 is 2.78 bits per heavy atom. The van der Waals surface area contributed by atoms with Crippen LogP contribution in [0.3, 0.4) is 0 Å². The maximum atomic E-state index is 13.4. The number of nitrogens with one attached hydrogen (secondary N) is 1. The number of hydrogen-bond donors (Lipinski definition) is 2. The van der Waals surface area contributed by atoms with Gasteiger partial charge in [-0.3, -0.25) is 4.68 Å². The molecule has 23 heavy (non-hydrogen) atoms. The van der Waals surface area contributed by atoms with Gasteiger partial charge in [0.1, 0.15) is 12.4 Å². The van der Waals surface area contributed by atoms with Crippen molar-refractivity contribution in [2.45, 2.75) is 26.9 Å². The Balaban J connectivity index is 1.79. The lowest BCUT2D eigenvalue weighted by atomic mass is 10.2. The maximum absolute atomic E-state index is 13.4. The fraction of sp³-hybridized carbons (Fsp3) is 0.438. The Morgan fingerprint density at radius 1 is 1.30 bits per heavy atom. The van der Waals surface area contributed by atoms with Crippen molar-refractivity contribution in [2.24, 2.45) is 0 Å². The molecular formula is C16H21F2N3O2. The molecule has 0 aliphatic rings. The molecule has 1 heterocycles. The van der Waals surface area contributed by atoms with E-state index in [2.05, 4.69) is 10.4 Å². The van der Waals surface area contributed by atoms with Crippen molar-refractivity contribution in [3.63, 3.8) is 0 Å². The van der Waals surface area contributed by atoms with E-state index in [4.69, 9.17) is 9.84 Å². The van der Waals surface area contributed by atoms with Gasteiger partial charge < -0.3 is 15.2 Å². The predicted octanol–water partition coefficient (Wildman–Crippen LogP) is 1.94. The van der Waals surface area contributed by atoms with E-state index < -0.39 is 11.6 Å². The first-order valence-corrected chi connectivity index (χ1v) is 7.45. The first kappa shape index (κ1) is 17.4. The normalized spacial score (nSPS) is 11.0. The van der Waals surface area contributed by atoms with E-state index in [-0.39, 0.29) is 19.0 Å². The molecule has 0 aliphatic carbocycles. The average molecular weight is 325 g/mol. The van der Waals surface area contributed by atoms with Gasteiger partial charge in [-0.25, -0.2) is 8.78 Å². The molecule has 5 nitrogen and oxygen atoms in total. The summed E-state index contributed by atoms with van der Waals surface area (Å²) in [5.41, 5.74) is 3.00. The van der Waals surface area contributed by atoms with Crippen LogP contribution in [0.1, 0.15) is 17.0 Å². The number of halogens is 2. The molecule has 1 aromatic carbocycles. The third-order valence-corrected chi connectivity index (χ3v) is 3.58. The van der Waals surface area contributed by atoms with E-state index in [1.54, 1.807) is 4.68 Å². The summed E-state index contributed by atoms with van der Waals surface area (Å²) in [4.78, 5) is 0. The largest absolute Gasteiger partial charge is 0.489 e. The van der Waals surface area contributed by atoms with Gasteiger partial charge in [0, 0.05) is 30.4 Å². The van der Waals surface area contributed by atoms with Gasteiger partial charge in [0.2, 0.25) is 0 Å². The van der Waals surface area contributed by atoms with Crippen molar-refractivity contribution in [2.75, 3.05) is 19.8 Å².